The molecule has 0 saturated heterocycles. The van der Waals surface area contributed by atoms with E-state index in [-0.39, 0.29) is 34.3 Å². The van der Waals surface area contributed by atoms with Crippen LogP contribution in [0.4, 0.5) is 11.4 Å². The summed E-state index contributed by atoms with van der Waals surface area (Å²) in [4.78, 5) is 22.6. The molecule has 0 heterocycles. The molecule has 0 aliphatic carbocycles. The smallest absolute Gasteiger partial charge is 0.270 e. The molecule has 0 unspecified atom stereocenters. The van der Waals surface area contributed by atoms with Crippen LogP contribution in [-0.4, -0.2) is 32.4 Å². The van der Waals surface area contributed by atoms with Crippen molar-refractivity contribution in [1.82, 2.24) is 5.32 Å². The van der Waals surface area contributed by atoms with Crippen LogP contribution < -0.4 is 14.8 Å². The van der Waals surface area contributed by atoms with Crippen LogP contribution in [0.2, 0.25) is 5.02 Å². The lowest BCUT2D eigenvalue weighted by Gasteiger charge is -2.10. The summed E-state index contributed by atoms with van der Waals surface area (Å²) in [5.41, 5.74) is 0.129. The van der Waals surface area contributed by atoms with Crippen molar-refractivity contribution < 1.29 is 22.9 Å². The third-order valence-electron chi connectivity index (χ3n) is 4.22. The fourth-order valence-electron chi connectivity index (χ4n) is 2.66. The number of amides is 1. The molecule has 2 N–H and O–H groups in total. The highest BCUT2D eigenvalue weighted by Gasteiger charge is 2.16. The quantitative estimate of drug-likeness (QED) is 0.275. The molecule has 3 rings (SSSR count). The first-order chi connectivity index (χ1) is 15.3. The van der Waals surface area contributed by atoms with Crippen LogP contribution in [0.15, 0.2) is 77.7 Å². The standard InChI is InChI=1S/C21H18ClN3O6S/c22-20-11-8-16(25(27)28)14-19(20)21(26)23-12-13-31-17-9-6-15(7-10-17)24-32(29,30)18-4-2-1-3-5-18/h1-11,14,24H,12-13H2,(H,23,26). The summed E-state index contributed by atoms with van der Waals surface area (Å²) in [7, 11) is -3.69. The molecule has 1 amide bonds. The van der Waals surface area contributed by atoms with Gasteiger partial charge in [-0.15, -0.1) is 0 Å². The lowest BCUT2D eigenvalue weighted by Crippen LogP contribution is -2.28. The van der Waals surface area contributed by atoms with Crippen molar-refractivity contribution in [3.63, 3.8) is 0 Å². The molecule has 0 spiro atoms. The number of nitro groups is 1. The number of carbonyl (C=O) groups is 1. The lowest BCUT2D eigenvalue weighted by atomic mass is 10.2. The SMILES string of the molecule is O=C(NCCOc1ccc(NS(=O)(=O)c2ccccc2)cc1)c1cc([N+](=O)[O-])ccc1Cl. The van der Waals surface area contributed by atoms with Gasteiger partial charge in [-0.1, -0.05) is 29.8 Å². The van der Waals surface area contributed by atoms with Crippen molar-refractivity contribution in [2.24, 2.45) is 0 Å². The number of carbonyl (C=O) groups excluding carboxylic acids is 1. The van der Waals surface area contributed by atoms with Gasteiger partial charge in [0.15, 0.2) is 0 Å². The minimum Gasteiger partial charge on any atom is -0.492 e. The van der Waals surface area contributed by atoms with Crippen LogP contribution in [0.5, 0.6) is 5.75 Å². The molecule has 0 bridgehead atoms. The Balaban J connectivity index is 1.50. The molecular weight excluding hydrogens is 458 g/mol. The second kappa shape index (κ2) is 10.1. The van der Waals surface area contributed by atoms with Gasteiger partial charge in [-0.25, -0.2) is 8.42 Å². The molecule has 3 aromatic rings. The number of hydrogen-bond acceptors (Lipinski definition) is 6. The van der Waals surface area contributed by atoms with E-state index in [1.54, 1.807) is 42.5 Å². The van der Waals surface area contributed by atoms with Crippen molar-refractivity contribution in [2.45, 2.75) is 4.90 Å². The van der Waals surface area contributed by atoms with Crippen molar-refractivity contribution >= 4 is 38.9 Å². The number of nitrogens with one attached hydrogen (secondary N) is 2. The number of anilines is 1. The monoisotopic (exact) mass is 475 g/mol. The van der Waals surface area contributed by atoms with E-state index in [1.165, 1.54) is 24.3 Å². The van der Waals surface area contributed by atoms with Gasteiger partial charge in [-0.3, -0.25) is 19.6 Å². The molecule has 0 saturated carbocycles. The number of non-ortho nitro benzene ring substituents is 1. The second-order valence-corrected chi connectivity index (χ2v) is 8.56. The zero-order valence-corrected chi connectivity index (χ0v) is 18.1. The van der Waals surface area contributed by atoms with E-state index in [9.17, 15) is 23.3 Å². The molecule has 9 nitrogen and oxygen atoms in total. The van der Waals surface area contributed by atoms with Gasteiger partial charge >= 0.3 is 0 Å². The molecule has 166 valence electrons. The molecule has 11 heteroatoms. The highest BCUT2D eigenvalue weighted by molar-refractivity contribution is 7.92. The number of benzene rings is 3. The van der Waals surface area contributed by atoms with Crippen LogP contribution in [-0.2, 0) is 10.0 Å². The van der Waals surface area contributed by atoms with Gasteiger partial charge in [0.2, 0.25) is 0 Å². The Morgan fingerprint density at radius 3 is 2.38 bits per heavy atom. The Labute approximate surface area is 189 Å². The van der Waals surface area contributed by atoms with Crippen molar-refractivity contribution in [1.29, 1.82) is 0 Å². The lowest BCUT2D eigenvalue weighted by molar-refractivity contribution is -0.384. The largest absolute Gasteiger partial charge is 0.492 e. The third kappa shape index (κ3) is 5.96. The number of halogens is 1. The van der Waals surface area contributed by atoms with Gasteiger partial charge in [0, 0.05) is 17.8 Å². The molecule has 0 aliphatic rings. The minimum absolute atomic E-state index is 0.00378. The Bertz CT molecular complexity index is 1220. The maximum Gasteiger partial charge on any atom is 0.270 e. The number of rotatable bonds is 9. The summed E-state index contributed by atoms with van der Waals surface area (Å²) in [5.74, 6) is -0.0942. The Hall–Kier alpha value is -3.63. The predicted octanol–water partition coefficient (Wildman–Crippen LogP) is 3.86. The summed E-state index contributed by atoms with van der Waals surface area (Å²) < 4.78 is 32.7. The summed E-state index contributed by atoms with van der Waals surface area (Å²) >= 11 is 5.94. The van der Waals surface area contributed by atoms with Gasteiger partial charge in [0.25, 0.3) is 21.6 Å². The number of nitro benzene ring substituents is 1. The molecule has 32 heavy (non-hydrogen) atoms. The fourth-order valence-corrected chi connectivity index (χ4v) is 3.95. The molecular formula is C21H18ClN3O6S. The van der Waals surface area contributed by atoms with Gasteiger partial charge in [0.05, 0.1) is 26.9 Å². The average Bonchev–Trinajstić information content (AvgIpc) is 2.78. The van der Waals surface area contributed by atoms with Crippen LogP contribution in [0, 0.1) is 10.1 Å². The summed E-state index contributed by atoms with van der Waals surface area (Å²) in [6, 6.07) is 17.9. The van der Waals surface area contributed by atoms with Gasteiger partial charge < -0.3 is 10.1 Å². The second-order valence-electron chi connectivity index (χ2n) is 6.47. The number of nitrogens with zero attached hydrogens (tertiary/aromatic N) is 1. The number of ether oxygens (including phenoxy) is 1. The van der Waals surface area contributed by atoms with E-state index in [2.05, 4.69) is 10.0 Å². The van der Waals surface area contributed by atoms with Crippen molar-refractivity contribution in [3.05, 3.63) is 93.5 Å². The summed E-state index contributed by atoms with van der Waals surface area (Å²) in [6.45, 7) is 0.244. The molecule has 0 aliphatic heterocycles. The van der Waals surface area contributed by atoms with E-state index in [4.69, 9.17) is 16.3 Å². The van der Waals surface area contributed by atoms with Gasteiger partial charge in [0.1, 0.15) is 12.4 Å². The van der Waals surface area contributed by atoms with E-state index in [1.807, 2.05) is 0 Å². The highest BCUT2D eigenvalue weighted by atomic mass is 35.5. The summed E-state index contributed by atoms with van der Waals surface area (Å²) in [6.07, 6.45) is 0. The zero-order valence-electron chi connectivity index (χ0n) is 16.5. The van der Waals surface area contributed by atoms with Crippen LogP contribution in [0.3, 0.4) is 0 Å². The van der Waals surface area contributed by atoms with Crippen LogP contribution in [0.1, 0.15) is 10.4 Å². The molecule has 0 aromatic heterocycles. The average molecular weight is 476 g/mol. The highest BCUT2D eigenvalue weighted by Crippen LogP contribution is 2.22. The fraction of sp³-hybridized carbons (Fsp3) is 0.0952. The topological polar surface area (TPSA) is 128 Å². The van der Waals surface area contributed by atoms with Crippen molar-refractivity contribution in [3.8, 4) is 5.75 Å². The van der Waals surface area contributed by atoms with Crippen molar-refractivity contribution in [2.75, 3.05) is 17.9 Å². The predicted molar refractivity (Wildman–Crippen MR) is 120 cm³/mol. The third-order valence-corrected chi connectivity index (χ3v) is 5.95. The van der Waals surface area contributed by atoms with E-state index >= 15 is 0 Å². The Kier molecular flexibility index (Phi) is 7.29. The summed E-state index contributed by atoms with van der Waals surface area (Å²) in [5, 5.41) is 13.5. The first-order valence-corrected chi connectivity index (χ1v) is 11.2. The molecule has 0 fully saturated rings. The van der Waals surface area contributed by atoms with E-state index in [0.29, 0.717) is 11.4 Å². The zero-order chi connectivity index (χ0) is 23.1. The molecule has 0 atom stereocenters. The van der Waals surface area contributed by atoms with Crippen LogP contribution in [0.25, 0.3) is 0 Å². The Morgan fingerprint density at radius 1 is 1.03 bits per heavy atom. The Morgan fingerprint density at radius 2 is 1.72 bits per heavy atom. The minimum atomic E-state index is -3.69. The first-order valence-electron chi connectivity index (χ1n) is 9.29. The van der Waals surface area contributed by atoms with E-state index < -0.39 is 20.9 Å². The first kappa shape index (κ1) is 23.0. The van der Waals surface area contributed by atoms with Crippen LogP contribution >= 0.6 is 11.6 Å². The van der Waals surface area contributed by atoms with Gasteiger partial charge in [-0.2, -0.15) is 0 Å². The number of sulfonamides is 1. The molecule has 0 radical (unpaired) electrons. The normalized spacial score (nSPS) is 10.9. The number of hydrogen-bond donors (Lipinski definition) is 2. The van der Waals surface area contributed by atoms with Gasteiger partial charge in [-0.05, 0) is 42.5 Å². The maximum absolute atomic E-state index is 12.3. The van der Waals surface area contributed by atoms with E-state index in [0.717, 1.165) is 6.07 Å². The molecule has 3 aromatic carbocycles. The maximum atomic E-state index is 12.3.